The van der Waals surface area contributed by atoms with E-state index in [4.69, 9.17) is 14.6 Å². The lowest BCUT2D eigenvalue weighted by atomic mass is 10.2. The van der Waals surface area contributed by atoms with E-state index in [1.54, 1.807) is 0 Å². The highest BCUT2D eigenvalue weighted by Gasteiger charge is 2.16. The summed E-state index contributed by atoms with van der Waals surface area (Å²) < 4.78 is 10.3. The SMILES string of the molecule is CCCCC(=O)Oc1ccc(C(=O)O)cc1OC(=O)CCCC. The minimum absolute atomic E-state index is 0.0448. The molecule has 23 heavy (non-hydrogen) atoms. The molecule has 0 bridgehead atoms. The Morgan fingerprint density at radius 1 is 0.913 bits per heavy atom. The van der Waals surface area contributed by atoms with Crippen molar-refractivity contribution in [3.63, 3.8) is 0 Å². The monoisotopic (exact) mass is 322 g/mol. The van der Waals surface area contributed by atoms with Gasteiger partial charge in [0.25, 0.3) is 0 Å². The van der Waals surface area contributed by atoms with Gasteiger partial charge >= 0.3 is 17.9 Å². The summed E-state index contributed by atoms with van der Waals surface area (Å²) in [6, 6.07) is 3.82. The van der Waals surface area contributed by atoms with Crippen molar-refractivity contribution in [1.29, 1.82) is 0 Å². The molecule has 0 atom stereocenters. The maximum atomic E-state index is 11.8. The molecule has 0 aliphatic rings. The molecule has 0 heterocycles. The molecule has 0 saturated heterocycles. The quantitative estimate of drug-likeness (QED) is 0.552. The summed E-state index contributed by atoms with van der Waals surface area (Å²) in [6.07, 6.45) is 3.52. The lowest BCUT2D eigenvalue weighted by Crippen LogP contribution is -2.12. The Morgan fingerprint density at radius 3 is 1.91 bits per heavy atom. The zero-order chi connectivity index (χ0) is 17.2. The molecule has 1 N–H and O–H groups in total. The van der Waals surface area contributed by atoms with Gasteiger partial charge < -0.3 is 14.6 Å². The first-order chi connectivity index (χ1) is 11.0. The summed E-state index contributed by atoms with van der Waals surface area (Å²) in [6.45, 7) is 3.90. The molecule has 0 aliphatic carbocycles. The Hall–Kier alpha value is -2.37. The lowest BCUT2D eigenvalue weighted by Gasteiger charge is -2.11. The van der Waals surface area contributed by atoms with Crippen LogP contribution in [-0.2, 0) is 9.59 Å². The number of carbonyl (C=O) groups excluding carboxylic acids is 2. The van der Waals surface area contributed by atoms with Gasteiger partial charge in [0.05, 0.1) is 5.56 Å². The molecule has 1 aromatic rings. The fourth-order valence-corrected chi connectivity index (χ4v) is 1.79. The van der Waals surface area contributed by atoms with E-state index in [-0.39, 0.29) is 29.9 Å². The third-order valence-corrected chi connectivity index (χ3v) is 3.11. The molecule has 0 aromatic heterocycles. The van der Waals surface area contributed by atoms with Gasteiger partial charge in [-0.25, -0.2) is 4.79 Å². The predicted molar refractivity (Wildman–Crippen MR) is 83.7 cm³/mol. The van der Waals surface area contributed by atoms with Gasteiger partial charge in [-0.1, -0.05) is 26.7 Å². The van der Waals surface area contributed by atoms with E-state index in [2.05, 4.69) is 0 Å². The minimum Gasteiger partial charge on any atom is -0.478 e. The highest BCUT2D eigenvalue weighted by atomic mass is 16.6. The van der Waals surface area contributed by atoms with Gasteiger partial charge in [0.15, 0.2) is 11.5 Å². The maximum Gasteiger partial charge on any atom is 0.335 e. The number of hydrogen-bond acceptors (Lipinski definition) is 5. The lowest BCUT2D eigenvalue weighted by molar-refractivity contribution is -0.137. The van der Waals surface area contributed by atoms with Crippen LogP contribution in [-0.4, -0.2) is 23.0 Å². The van der Waals surface area contributed by atoms with Gasteiger partial charge in [-0.15, -0.1) is 0 Å². The Kier molecular flexibility index (Phi) is 7.80. The van der Waals surface area contributed by atoms with E-state index < -0.39 is 17.9 Å². The van der Waals surface area contributed by atoms with Crippen LogP contribution in [0.3, 0.4) is 0 Å². The topological polar surface area (TPSA) is 89.9 Å². The largest absolute Gasteiger partial charge is 0.478 e. The van der Waals surface area contributed by atoms with Crippen molar-refractivity contribution in [1.82, 2.24) is 0 Å². The second-order valence-corrected chi connectivity index (χ2v) is 5.12. The number of hydrogen-bond donors (Lipinski definition) is 1. The van der Waals surface area contributed by atoms with Gasteiger partial charge in [0.1, 0.15) is 0 Å². The van der Waals surface area contributed by atoms with E-state index in [1.165, 1.54) is 18.2 Å². The number of carboxylic acid groups (broad SMARTS) is 1. The average molecular weight is 322 g/mol. The number of benzene rings is 1. The molecule has 6 nitrogen and oxygen atoms in total. The first kappa shape index (κ1) is 18.7. The van der Waals surface area contributed by atoms with Crippen molar-refractivity contribution < 1.29 is 29.0 Å². The second-order valence-electron chi connectivity index (χ2n) is 5.12. The van der Waals surface area contributed by atoms with E-state index in [0.29, 0.717) is 12.8 Å². The molecule has 1 rings (SSSR count). The Bertz CT molecular complexity index is 564. The molecule has 0 unspecified atom stereocenters. The fourth-order valence-electron chi connectivity index (χ4n) is 1.79. The Labute approximate surface area is 135 Å². The Morgan fingerprint density at radius 2 is 1.43 bits per heavy atom. The van der Waals surface area contributed by atoms with Crippen molar-refractivity contribution in [3.05, 3.63) is 23.8 Å². The predicted octanol–water partition coefficient (Wildman–Crippen LogP) is 3.58. The summed E-state index contributed by atoms with van der Waals surface area (Å²) in [5.74, 6) is -2.07. The normalized spacial score (nSPS) is 10.2. The number of ether oxygens (including phenoxy) is 2. The highest BCUT2D eigenvalue weighted by molar-refractivity contribution is 5.89. The molecule has 0 radical (unpaired) electrons. The number of carboxylic acids is 1. The van der Waals surface area contributed by atoms with Crippen LogP contribution >= 0.6 is 0 Å². The van der Waals surface area contributed by atoms with Gasteiger partial charge in [-0.3, -0.25) is 9.59 Å². The molecular formula is C17H22O6. The molecule has 126 valence electrons. The van der Waals surface area contributed by atoms with E-state index in [0.717, 1.165) is 12.8 Å². The summed E-state index contributed by atoms with van der Waals surface area (Å²) in [5.41, 5.74) is -0.0448. The zero-order valence-corrected chi connectivity index (χ0v) is 13.5. The van der Waals surface area contributed by atoms with Crippen molar-refractivity contribution >= 4 is 17.9 Å². The van der Waals surface area contributed by atoms with Crippen molar-refractivity contribution in [3.8, 4) is 11.5 Å². The molecule has 0 amide bonds. The Balaban J connectivity index is 2.92. The van der Waals surface area contributed by atoms with E-state index >= 15 is 0 Å². The third-order valence-electron chi connectivity index (χ3n) is 3.11. The van der Waals surface area contributed by atoms with Crippen LogP contribution in [0.15, 0.2) is 18.2 Å². The van der Waals surface area contributed by atoms with Gasteiger partial charge in [0, 0.05) is 12.8 Å². The van der Waals surface area contributed by atoms with Crippen LogP contribution in [0.5, 0.6) is 11.5 Å². The first-order valence-electron chi connectivity index (χ1n) is 7.76. The third kappa shape index (κ3) is 6.50. The van der Waals surface area contributed by atoms with Crippen LogP contribution < -0.4 is 9.47 Å². The summed E-state index contributed by atoms with van der Waals surface area (Å²) in [5, 5.41) is 9.03. The molecule has 0 fully saturated rings. The second kappa shape index (κ2) is 9.61. The van der Waals surface area contributed by atoms with E-state index in [9.17, 15) is 14.4 Å². The van der Waals surface area contributed by atoms with Crippen LogP contribution in [0, 0.1) is 0 Å². The van der Waals surface area contributed by atoms with Crippen molar-refractivity contribution in [2.75, 3.05) is 0 Å². The van der Waals surface area contributed by atoms with Gasteiger partial charge in [-0.2, -0.15) is 0 Å². The molecule has 0 saturated carbocycles. The van der Waals surface area contributed by atoms with Gasteiger partial charge in [-0.05, 0) is 31.0 Å². The van der Waals surface area contributed by atoms with Gasteiger partial charge in [0.2, 0.25) is 0 Å². The van der Waals surface area contributed by atoms with Crippen LogP contribution in [0.1, 0.15) is 62.7 Å². The van der Waals surface area contributed by atoms with Crippen molar-refractivity contribution in [2.24, 2.45) is 0 Å². The standard InChI is InChI=1S/C17H22O6/c1-3-5-7-15(18)22-13-10-9-12(17(20)21)11-14(13)23-16(19)8-6-4-2/h9-11H,3-8H2,1-2H3,(H,20,21). The van der Waals surface area contributed by atoms with Crippen LogP contribution in [0.4, 0.5) is 0 Å². The number of aromatic carboxylic acids is 1. The summed E-state index contributed by atoms with van der Waals surface area (Å²) >= 11 is 0. The number of rotatable bonds is 9. The fraction of sp³-hybridized carbons (Fsp3) is 0.471. The van der Waals surface area contributed by atoms with Crippen LogP contribution in [0.2, 0.25) is 0 Å². The van der Waals surface area contributed by atoms with Crippen molar-refractivity contribution in [2.45, 2.75) is 52.4 Å². The summed E-state index contributed by atoms with van der Waals surface area (Å²) in [7, 11) is 0. The number of unbranched alkanes of at least 4 members (excludes halogenated alkanes) is 2. The molecule has 0 aliphatic heterocycles. The number of esters is 2. The maximum absolute atomic E-state index is 11.8. The highest BCUT2D eigenvalue weighted by Crippen LogP contribution is 2.29. The molecule has 6 heteroatoms. The van der Waals surface area contributed by atoms with Crippen LogP contribution in [0.25, 0.3) is 0 Å². The summed E-state index contributed by atoms with van der Waals surface area (Å²) in [4.78, 5) is 34.5. The average Bonchev–Trinajstić information content (AvgIpc) is 2.52. The zero-order valence-electron chi connectivity index (χ0n) is 13.5. The smallest absolute Gasteiger partial charge is 0.335 e. The molecule has 0 spiro atoms. The first-order valence-corrected chi connectivity index (χ1v) is 7.76. The molecular weight excluding hydrogens is 300 g/mol. The number of carbonyl (C=O) groups is 3. The van der Waals surface area contributed by atoms with E-state index in [1.807, 2.05) is 13.8 Å². The molecule has 1 aromatic carbocycles. The minimum atomic E-state index is -1.15.